The number of nitrogens with two attached hydrogens (primary N) is 1. The molecule has 0 bridgehead atoms. The normalized spacial score (nSPS) is 11.3. The van der Waals surface area contributed by atoms with Gasteiger partial charge in [-0.1, -0.05) is 13.3 Å². The number of halogens is 1. The maximum absolute atomic E-state index is 13.1. The number of nitriles is 1. The molecule has 0 atom stereocenters. The number of aromatic nitrogens is 2. The van der Waals surface area contributed by atoms with Crippen LogP contribution in [0.1, 0.15) is 37.4 Å². The lowest BCUT2D eigenvalue weighted by molar-refractivity contribution is 0.464. The molecular formula is C20H28FN7. The third kappa shape index (κ3) is 5.22. The lowest BCUT2D eigenvalue weighted by Gasteiger charge is -2.21. The van der Waals surface area contributed by atoms with Gasteiger partial charge in [0.2, 0.25) is 0 Å². The molecule has 0 saturated heterocycles. The molecule has 0 saturated carbocycles. The van der Waals surface area contributed by atoms with Crippen LogP contribution in [0.3, 0.4) is 0 Å². The van der Waals surface area contributed by atoms with Gasteiger partial charge in [0.25, 0.3) is 0 Å². The summed E-state index contributed by atoms with van der Waals surface area (Å²) in [5.41, 5.74) is 7.72. The SMILES string of the molecule is CCCCN(C)C(=NC)NCCCc1nn(-c2ccc(F)cc2)c(N)c1C#N. The molecule has 28 heavy (non-hydrogen) atoms. The first-order valence-corrected chi connectivity index (χ1v) is 9.47. The molecule has 1 heterocycles. The van der Waals surface area contributed by atoms with E-state index in [0.29, 0.717) is 29.9 Å². The van der Waals surface area contributed by atoms with Gasteiger partial charge in [-0.2, -0.15) is 10.4 Å². The van der Waals surface area contributed by atoms with Gasteiger partial charge in [-0.3, -0.25) is 4.99 Å². The van der Waals surface area contributed by atoms with Gasteiger partial charge in [0.1, 0.15) is 23.3 Å². The summed E-state index contributed by atoms with van der Waals surface area (Å²) in [5, 5.41) is 17.3. The number of unbranched alkanes of at least 4 members (excludes halogenated alkanes) is 1. The molecule has 7 nitrogen and oxygen atoms in total. The highest BCUT2D eigenvalue weighted by atomic mass is 19.1. The Hall–Kier alpha value is -3.08. The Labute approximate surface area is 165 Å². The largest absolute Gasteiger partial charge is 0.382 e. The second-order valence-corrected chi connectivity index (χ2v) is 6.56. The summed E-state index contributed by atoms with van der Waals surface area (Å²) in [7, 11) is 3.79. The molecule has 150 valence electrons. The maximum atomic E-state index is 13.1. The summed E-state index contributed by atoms with van der Waals surface area (Å²) < 4.78 is 14.6. The molecule has 1 aromatic carbocycles. The second kappa shape index (κ2) is 10.3. The molecule has 0 amide bonds. The van der Waals surface area contributed by atoms with Gasteiger partial charge in [-0.05, 0) is 43.5 Å². The average molecular weight is 385 g/mol. The van der Waals surface area contributed by atoms with Crippen molar-refractivity contribution in [2.75, 3.05) is 32.9 Å². The summed E-state index contributed by atoms with van der Waals surface area (Å²) in [6, 6.07) is 7.98. The zero-order valence-electron chi connectivity index (χ0n) is 16.7. The Morgan fingerprint density at radius 2 is 2.07 bits per heavy atom. The summed E-state index contributed by atoms with van der Waals surface area (Å²) in [4.78, 5) is 6.40. The Kier molecular flexibility index (Phi) is 7.81. The summed E-state index contributed by atoms with van der Waals surface area (Å²) in [5.74, 6) is 0.788. The van der Waals surface area contributed by atoms with Gasteiger partial charge in [0.15, 0.2) is 5.96 Å². The van der Waals surface area contributed by atoms with Crippen LogP contribution in [0.4, 0.5) is 10.2 Å². The molecule has 2 rings (SSSR count). The Balaban J connectivity index is 2.00. The molecule has 0 spiro atoms. The van der Waals surface area contributed by atoms with Crippen molar-refractivity contribution in [2.45, 2.75) is 32.6 Å². The van der Waals surface area contributed by atoms with E-state index in [1.807, 2.05) is 7.05 Å². The minimum absolute atomic E-state index is 0.271. The van der Waals surface area contributed by atoms with Gasteiger partial charge in [0.05, 0.1) is 11.4 Å². The van der Waals surface area contributed by atoms with Crippen molar-refractivity contribution < 1.29 is 4.39 Å². The van der Waals surface area contributed by atoms with Gasteiger partial charge in [-0.15, -0.1) is 0 Å². The Bertz CT molecular complexity index is 833. The Morgan fingerprint density at radius 1 is 1.36 bits per heavy atom. The topological polar surface area (TPSA) is 95.3 Å². The molecule has 3 N–H and O–H groups in total. The Morgan fingerprint density at radius 3 is 2.68 bits per heavy atom. The molecule has 0 aliphatic rings. The highest BCUT2D eigenvalue weighted by Crippen LogP contribution is 2.21. The van der Waals surface area contributed by atoms with Gasteiger partial charge in [0, 0.05) is 27.2 Å². The van der Waals surface area contributed by atoms with E-state index in [2.05, 4.69) is 33.3 Å². The van der Waals surface area contributed by atoms with Gasteiger partial charge < -0.3 is 16.0 Å². The number of rotatable bonds is 8. The fourth-order valence-electron chi connectivity index (χ4n) is 2.90. The number of hydrogen-bond donors (Lipinski definition) is 2. The van der Waals surface area contributed by atoms with Crippen LogP contribution in [0.5, 0.6) is 0 Å². The highest BCUT2D eigenvalue weighted by molar-refractivity contribution is 5.79. The zero-order valence-corrected chi connectivity index (χ0v) is 16.7. The summed E-state index contributed by atoms with van der Waals surface area (Å²) >= 11 is 0. The number of nitrogen functional groups attached to an aromatic ring is 1. The van der Waals surface area contributed by atoms with Crippen molar-refractivity contribution in [3.63, 3.8) is 0 Å². The van der Waals surface area contributed by atoms with Crippen LogP contribution < -0.4 is 11.1 Å². The van der Waals surface area contributed by atoms with E-state index in [4.69, 9.17) is 5.73 Å². The molecule has 1 aromatic heterocycles. The third-order valence-corrected chi connectivity index (χ3v) is 4.47. The van der Waals surface area contributed by atoms with Crippen LogP contribution in [0, 0.1) is 17.1 Å². The predicted octanol–water partition coefficient (Wildman–Crippen LogP) is 2.71. The fourth-order valence-corrected chi connectivity index (χ4v) is 2.90. The number of hydrogen-bond acceptors (Lipinski definition) is 4. The maximum Gasteiger partial charge on any atom is 0.193 e. The predicted molar refractivity (Wildman–Crippen MR) is 110 cm³/mol. The van der Waals surface area contributed by atoms with Crippen LogP contribution in [0.15, 0.2) is 29.3 Å². The van der Waals surface area contributed by atoms with E-state index in [1.54, 1.807) is 19.2 Å². The van der Waals surface area contributed by atoms with E-state index >= 15 is 0 Å². The quantitative estimate of drug-likeness (QED) is 0.414. The molecule has 0 unspecified atom stereocenters. The van der Waals surface area contributed by atoms with E-state index < -0.39 is 0 Å². The molecule has 0 aliphatic carbocycles. The second-order valence-electron chi connectivity index (χ2n) is 6.56. The molecule has 0 fully saturated rings. The molecule has 0 aliphatic heterocycles. The van der Waals surface area contributed by atoms with Crippen LogP contribution in [0.25, 0.3) is 5.69 Å². The van der Waals surface area contributed by atoms with Crippen LogP contribution in [0.2, 0.25) is 0 Å². The van der Waals surface area contributed by atoms with Crippen LogP contribution >= 0.6 is 0 Å². The molecule has 8 heteroatoms. The third-order valence-electron chi connectivity index (χ3n) is 4.47. The number of aryl methyl sites for hydroxylation is 1. The van der Waals surface area contributed by atoms with Crippen molar-refractivity contribution >= 4 is 11.8 Å². The minimum Gasteiger partial charge on any atom is -0.382 e. The van der Waals surface area contributed by atoms with E-state index in [0.717, 1.165) is 31.8 Å². The zero-order chi connectivity index (χ0) is 20.5. The highest BCUT2D eigenvalue weighted by Gasteiger charge is 2.16. The lowest BCUT2D eigenvalue weighted by Crippen LogP contribution is -2.39. The van der Waals surface area contributed by atoms with Crippen molar-refractivity contribution in [3.8, 4) is 11.8 Å². The van der Waals surface area contributed by atoms with Crippen LogP contribution in [-0.4, -0.2) is 47.8 Å². The summed E-state index contributed by atoms with van der Waals surface area (Å²) in [6.07, 6.45) is 3.62. The number of nitrogens with one attached hydrogen (secondary N) is 1. The van der Waals surface area contributed by atoms with Crippen molar-refractivity contribution in [3.05, 3.63) is 41.3 Å². The molecule has 2 aromatic rings. The first-order chi connectivity index (χ1) is 13.5. The smallest absolute Gasteiger partial charge is 0.193 e. The first-order valence-electron chi connectivity index (χ1n) is 9.47. The standard InChI is InChI=1S/C20H28FN7/c1-4-5-13-27(3)20(24-2)25-12-6-7-18-17(14-22)19(23)28(26-18)16-10-8-15(21)9-11-16/h8-11H,4-7,12-13,23H2,1-3H3,(H,24,25). The number of anilines is 1. The van der Waals surface area contributed by atoms with Gasteiger partial charge in [-0.25, -0.2) is 9.07 Å². The minimum atomic E-state index is -0.335. The van der Waals surface area contributed by atoms with E-state index in [1.165, 1.54) is 16.8 Å². The number of guanidine groups is 1. The lowest BCUT2D eigenvalue weighted by atomic mass is 10.1. The molecule has 0 radical (unpaired) electrons. The van der Waals surface area contributed by atoms with Crippen molar-refractivity contribution in [2.24, 2.45) is 4.99 Å². The number of benzene rings is 1. The average Bonchev–Trinajstić information content (AvgIpc) is 3.02. The van der Waals surface area contributed by atoms with Gasteiger partial charge >= 0.3 is 0 Å². The van der Waals surface area contributed by atoms with Crippen molar-refractivity contribution in [1.82, 2.24) is 20.0 Å². The fraction of sp³-hybridized carbons (Fsp3) is 0.450. The summed E-state index contributed by atoms with van der Waals surface area (Å²) in [6.45, 7) is 3.82. The first kappa shape index (κ1) is 21.2. The molecular weight excluding hydrogens is 357 g/mol. The van der Waals surface area contributed by atoms with E-state index in [9.17, 15) is 9.65 Å². The number of aliphatic imine (C=N–C) groups is 1. The monoisotopic (exact) mass is 385 g/mol. The van der Waals surface area contributed by atoms with Crippen LogP contribution in [-0.2, 0) is 6.42 Å². The number of nitrogens with zero attached hydrogens (tertiary/aromatic N) is 5. The van der Waals surface area contributed by atoms with E-state index in [-0.39, 0.29) is 11.6 Å². The van der Waals surface area contributed by atoms with Crippen molar-refractivity contribution in [1.29, 1.82) is 5.26 Å².